The lowest BCUT2D eigenvalue weighted by molar-refractivity contribution is -0.115. The molecule has 0 bridgehead atoms. The first-order valence-corrected chi connectivity index (χ1v) is 8.71. The monoisotopic (exact) mass is 388 g/mol. The molecule has 0 saturated heterocycles. The number of carbonyl (C=O) groups excluding carboxylic acids is 1. The third-order valence-corrected chi connectivity index (χ3v) is 4.71. The quantitative estimate of drug-likeness (QED) is 0.659. The molecule has 1 amide bonds. The van der Waals surface area contributed by atoms with Crippen LogP contribution in [0.25, 0.3) is 10.9 Å². The van der Waals surface area contributed by atoms with Gasteiger partial charge in [0.25, 0.3) is 0 Å². The van der Waals surface area contributed by atoms with E-state index < -0.39 is 0 Å². The summed E-state index contributed by atoms with van der Waals surface area (Å²) in [6.45, 7) is 1.95. The number of methoxy groups -OCH3 is 3. The molecule has 27 heavy (non-hydrogen) atoms. The van der Waals surface area contributed by atoms with Crippen LogP contribution in [0.1, 0.15) is 11.3 Å². The topological polar surface area (TPSA) is 72.6 Å². The molecule has 142 valence electrons. The fraction of sp³-hybridized carbons (Fsp3) is 0.250. The molecule has 0 fully saturated rings. The minimum Gasteiger partial charge on any atom is -0.497 e. The van der Waals surface area contributed by atoms with Crippen LogP contribution in [0.5, 0.6) is 17.2 Å². The Balaban J connectivity index is 1.89. The molecule has 1 heterocycles. The molecule has 1 aromatic heterocycles. The van der Waals surface area contributed by atoms with Gasteiger partial charge in [0.05, 0.1) is 38.5 Å². The number of halogens is 1. The predicted octanol–water partition coefficient (Wildman–Crippen LogP) is 4.34. The molecular formula is C20H21ClN2O4. The lowest BCUT2D eigenvalue weighted by Crippen LogP contribution is -2.15. The first-order chi connectivity index (χ1) is 13.0. The highest BCUT2D eigenvalue weighted by Gasteiger charge is 2.16. The van der Waals surface area contributed by atoms with Crippen LogP contribution >= 0.6 is 11.6 Å². The molecule has 0 atom stereocenters. The number of aromatic amines is 1. The number of hydrogen-bond donors (Lipinski definition) is 2. The molecule has 2 N–H and O–H groups in total. The van der Waals surface area contributed by atoms with Gasteiger partial charge in [0.1, 0.15) is 17.2 Å². The van der Waals surface area contributed by atoms with Crippen LogP contribution in [-0.4, -0.2) is 32.2 Å². The van der Waals surface area contributed by atoms with E-state index in [1.807, 2.05) is 25.1 Å². The van der Waals surface area contributed by atoms with Crippen molar-refractivity contribution in [1.29, 1.82) is 0 Å². The summed E-state index contributed by atoms with van der Waals surface area (Å²) in [6, 6.07) is 9.00. The molecule has 0 aliphatic carbocycles. The predicted molar refractivity (Wildman–Crippen MR) is 106 cm³/mol. The van der Waals surface area contributed by atoms with Gasteiger partial charge in [-0.05, 0) is 30.7 Å². The standard InChI is InChI=1S/C20H21ClN2O4/c1-11-13(14-7-12(25-2)5-6-16(14)22-11)8-20(24)23-17-10-18(26-3)15(21)9-19(17)27-4/h5-7,9-10,22H,8H2,1-4H3,(H,23,24). The van der Waals surface area contributed by atoms with E-state index in [1.165, 1.54) is 14.2 Å². The molecule has 0 aliphatic heterocycles. The average molecular weight is 389 g/mol. The van der Waals surface area contributed by atoms with Crippen LogP contribution in [-0.2, 0) is 11.2 Å². The Morgan fingerprint density at radius 2 is 1.81 bits per heavy atom. The van der Waals surface area contributed by atoms with Crippen LogP contribution in [0.4, 0.5) is 5.69 Å². The highest BCUT2D eigenvalue weighted by Crippen LogP contribution is 2.36. The number of hydrogen-bond acceptors (Lipinski definition) is 4. The number of aryl methyl sites for hydroxylation is 1. The molecule has 3 rings (SSSR count). The summed E-state index contributed by atoms with van der Waals surface area (Å²) >= 11 is 6.11. The van der Waals surface area contributed by atoms with Gasteiger partial charge in [-0.2, -0.15) is 0 Å². The van der Waals surface area contributed by atoms with Crippen molar-refractivity contribution in [3.8, 4) is 17.2 Å². The third kappa shape index (κ3) is 3.80. The van der Waals surface area contributed by atoms with Crippen molar-refractivity contribution < 1.29 is 19.0 Å². The van der Waals surface area contributed by atoms with Gasteiger partial charge in [-0.3, -0.25) is 4.79 Å². The number of ether oxygens (including phenoxy) is 3. The molecule has 7 heteroatoms. The number of amides is 1. The zero-order valence-electron chi connectivity index (χ0n) is 15.6. The fourth-order valence-corrected chi connectivity index (χ4v) is 3.26. The minimum absolute atomic E-state index is 0.176. The molecule has 0 unspecified atom stereocenters. The van der Waals surface area contributed by atoms with E-state index in [-0.39, 0.29) is 12.3 Å². The maximum Gasteiger partial charge on any atom is 0.228 e. The van der Waals surface area contributed by atoms with E-state index in [9.17, 15) is 4.79 Å². The summed E-state index contributed by atoms with van der Waals surface area (Å²) in [4.78, 5) is 16.0. The Morgan fingerprint density at radius 1 is 1.07 bits per heavy atom. The second-order valence-corrected chi connectivity index (χ2v) is 6.46. The van der Waals surface area contributed by atoms with Crippen molar-refractivity contribution in [2.75, 3.05) is 26.6 Å². The fourth-order valence-electron chi connectivity index (χ4n) is 3.03. The lowest BCUT2D eigenvalue weighted by atomic mass is 10.1. The Morgan fingerprint density at radius 3 is 2.48 bits per heavy atom. The molecule has 0 radical (unpaired) electrons. The van der Waals surface area contributed by atoms with Gasteiger partial charge in [-0.15, -0.1) is 0 Å². The Bertz CT molecular complexity index is 997. The van der Waals surface area contributed by atoms with Gasteiger partial charge in [0, 0.05) is 28.7 Å². The second kappa shape index (κ2) is 7.80. The first kappa shape index (κ1) is 18.9. The van der Waals surface area contributed by atoms with E-state index in [4.69, 9.17) is 25.8 Å². The van der Waals surface area contributed by atoms with Gasteiger partial charge in [0.2, 0.25) is 5.91 Å². The van der Waals surface area contributed by atoms with Crippen LogP contribution in [0.2, 0.25) is 5.02 Å². The summed E-state index contributed by atoms with van der Waals surface area (Å²) in [5, 5.41) is 4.24. The molecular weight excluding hydrogens is 368 g/mol. The highest BCUT2D eigenvalue weighted by molar-refractivity contribution is 6.32. The number of anilines is 1. The number of rotatable bonds is 6. The van der Waals surface area contributed by atoms with Crippen molar-refractivity contribution in [2.24, 2.45) is 0 Å². The average Bonchev–Trinajstić information content (AvgIpc) is 2.97. The number of nitrogens with one attached hydrogen (secondary N) is 2. The Kier molecular flexibility index (Phi) is 5.46. The van der Waals surface area contributed by atoms with Crippen LogP contribution in [0.3, 0.4) is 0 Å². The summed E-state index contributed by atoms with van der Waals surface area (Å²) < 4.78 is 15.8. The SMILES string of the molecule is COc1ccc2[nH]c(C)c(CC(=O)Nc3cc(OC)c(Cl)cc3OC)c2c1. The summed E-state index contributed by atoms with van der Waals surface area (Å²) in [6.07, 6.45) is 0.201. The number of carbonyl (C=O) groups is 1. The van der Waals surface area contributed by atoms with E-state index in [0.29, 0.717) is 22.2 Å². The second-order valence-electron chi connectivity index (χ2n) is 6.05. The van der Waals surface area contributed by atoms with Crippen LogP contribution < -0.4 is 19.5 Å². The largest absolute Gasteiger partial charge is 0.497 e. The smallest absolute Gasteiger partial charge is 0.228 e. The number of H-pyrrole nitrogens is 1. The zero-order chi connectivity index (χ0) is 19.6. The number of benzene rings is 2. The summed E-state index contributed by atoms with van der Waals surface area (Å²) in [5.41, 5.74) is 3.32. The number of fused-ring (bicyclic) bond motifs is 1. The van der Waals surface area contributed by atoms with Crippen LogP contribution in [0.15, 0.2) is 30.3 Å². The number of aromatic nitrogens is 1. The zero-order valence-corrected chi connectivity index (χ0v) is 16.4. The summed E-state index contributed by atoms with van der Waals surface area (Å²) in [7, 11) is 4.65. The molecule has 2 aromatic carbocycles. The van der Waals surface area contributed by atoms with Crippen molar-refractivity contribution in [3.05, 3.63) is 46.6 Å². The summed E-state index contributed by atoms with van der Waals surface area (Å²) in [5.74, 6) is 1.49. The normalized spacial score (nSPS) is 10.7. The van der Waals surface area contributed by atoms with Crippen molar-refractivity contribution in [1.82, 2.24) is 4.98 Å². The maximum absolute atomic E-state index is 12.7. The molecule has 0 aliphatic rings. The van der Waals surface area contributed by atoms with E-state index in [1.54, 1.807) is 19.2 Å². The van der Waals surface area contributed by atoms with Gasteiger partial charge in [-0.25, -0.2) is 0 Å². The molecule has 3 aromatic rings. The van der Waals surface area contributed by atoms with Crippen molar-refractivity contribution >= 4 is 34.1 Å². The van der Waals surface area contributed by atoms with E-state index in [0.717, 1.165) is 27.9 Å². The van der Waals surface area contributed by atoms with Gasteiger partial charge >= 0.3 is 0 Å². The molecule has 0 saturated carbocycles. The van der Waals surface area contributed by atoms with E-state index in [2.05, 4.69) is 10.3 Å². The maximum atomic E-state index is 12.7. The minimum atomic E-state index is -0.176. The van der Waals surface area contributed by atoms with E-state index >= 15 is 0 Å². The third-order valence-electron chi connectivity index (χ3n) is 4.41. The van der Waals surface area contributed by atoms with Crippen molar-refractivity contribution in [3.63, 3.8) is 0 Å². The van der Waals surface area contributed by atoms with Crippen molar-refractivity contribution in [2.45, 2.75) is 13.3 Å². The molecule has 0 spiro atoms. The highest BCUT2D eigenvalue weighted by atomic mass is 35.5. The Labute approximate surface area is 162 Å². The van der Waals surface area contributed by atoms with Gasteiger partial charge < -0.3 is 24.5 Å². The van der Waals surface area contributed by atoms with Gasteiger partial charge in [-0.1, -0.05) is 11.6 Å². The molecule has 6 nitrogen and oxygen atoms in total. The Hall–Kier alpha value is -2.86. The first-order valence-electron chi connectivity index (χ1n) is 8.33. The lowest BCUT2D eigenvalue weighted by Gasteiger charge is -2.13. The van der Waals surface area contributed by atoms with Gasteiger partial charge in [0.15, 0.2) is 0 Å². The van der Waals surface area contributed by atoms with Crippen LogP contribution in [0, 0.1) is 6.92 Å².